The van der Waals surface area contributed by atoms with Crippen molar-refractivity contribution in [3.8, 4) is 6.07 Å². The molecule has 2 amide bonds. The highest BCUT2D eigenvalue weighted by Gasteiger charge is 2.10. The van der Waals surface area contributed by atoms with Crippen molar-refractivity contribution in [1.82, 2.24) is 5.32 Å². The molecule has 0 aliphatic heterocycles. The number of carbonyl (C=O) groups excluding carboxylic acids is 2. The van der Waals surface area contributed by atoms with Gasteiger partial charge >= 0.3 is 0 Å². The Bertz CT molecular complexity index is 734. The number of rotatable bonds is 5. The molecule has 112 valence electrons. The number of hydrogen-bond acceptors (Lipinski definition) is 4. The number of nitriles is 1. The van der Waals surface area contributed by atoms with Gasteiger partial charge in [0.05, 0.1) is 6.07 Å². The highest BCUT2D eigenvalue weighted by Crippen LogP contribution is 2.14. The van der Waals surface area contributed by atoms with Gasteiger partial charge in [-0.05, 0) is 45.8 Å². The second-order valence-corrected chi connectivity index (χ2v) is 5.15. The lowest BCUT2D eigenvalue weighted by atomic mass is 10.2. The lowest BCUT2D eigenvalue weighted by molar-refractivity contribution is -0.115. The number of hydrogen-bond donors (Lipinski definition) is 2. The van der Waals surface area contributed by atoms with Crippen LogP contribution < -0.4 is 10.6 Å². The second kappa shape index (κ2) is 7.43. The number of nitrogens with zero attached hydrogens (tertiary/aromatic N) is 1. The van der Waals surface area contributed by atoms with E-state index in [-0.39, 0.29) is 24.0 Å². The Morgan fingerprint density at radius 3 is 2.77 bits per heavy atom. The highest BCUT2D eigenvalue weighted by atomic mass is 79.9. The molecule has 2 N–H and O–H groups in total. The molecular formula is C15H12BrN3O3. The zero-order valence-electron chi connectivity index (χ0n) is 11.4. The largest absolute Gasteiger partial charge is 0.444 e. The molecule has 0 radical (unpaired) electrons. The van der Waals surface area contributed by atoms with Crippen LogP contribution in [0.1, 0.15) is 22.5 Å². The number of carbonyl (C=O) groups is 2. The number of anilines is 1. The zero-order valence-corrected chi connectivity index (χ0v) is 13.0. The predicted octanol–water partition coefficient (Wildman–Crippen LogP) is 2.82. The molecule has 0 saturated carbocycles. The Morgan fingerprint density at radius 2 is 2.09 bits per heavy atom. The number of nitrogens with one attached hydrogen (secondary N) is 2. The van der Waals surface area contributed by atoms with Crippen molar-refractivity contribution in [2.24, 2.45) is 0 Å². The molecule has 0 spiro atoms. The van der Waals surface area contributed by atoms with E-state index in [2.05, 4.69) is 26.6 Å². The molecule has 0 saturated heterocycles. The lowest BCUT2D eigenvalue weighted by Crippen LogP contribution is -2.22. The van der Waals surface area contributed by atoms with E-state index in [4.69, 9.17) is 9.68 Å². The third-order valence-electron chi connectivity index (χ3n) is 2.70. The zero-order chi connectivity index (χ0) is 15.9. The standard InChI is InChI=1S/C15H12BrN3O3/c16-13-5-4-12(22-13)15(21)18-9-10-2-1-3-11(8-10)19-14(20)6-7-17/h1-5,8H,6,9H2,(H,18,21)(H,19,20). The molecule has 2 aromatic rings. The maximum atomic E-state index is 11.8. The van der Waals surface area contributed by atoms with Gasteiger partial charge in [-0.25, -0.2) is 0 Å². The van der Waals surface area contributed by atoms with Gasteiger partial charge in [0.1, 0.15) is 6.42 Å². The van der Waals surface area contributed by atoms with E-state index in [0.717, 1.165) is 5.56 Å². The first kappa shape index (κ1) is 15.8. The summed E-state index contributed by atoms with van der Waals surface area (Å²) in [5.74, 6) is -0.487. The fourth-order valence-corrected chi connectivity index (χ4v) is 2.05. The number of halogens is 1. The highest BCUT2D eigenvalue weighted by molar-refractivity contribution is 9.10. The quantitative estimate of drug-likeness (QED) is 0.855. The smallest absolute Gasteiger partial charge is 0.287 e. The van der Waals surface area contributed by atoms with Crippen molar-refractivity contribution in [3.05, 3.63) is 52.4 Å². The van der Waals surface area contributed by atoms with Crippen molar-refractivity contribution >= 4 is 33.4 Å². The molecule has 1 aromatic carbocycles. The van der Waals surface area contributed by atoms with Gasteiger partial charge in [0.2, 0.25) is 5.91 Å². The first-order chi connectivity index (χ1) is 10.6. The van der Waals surface area contributed by atoms with Crippen LogP contribution in [-0.4, -0.2) is 11.8 Å². The van der Waals surface area contributed by atoms with Gasteiger partial charge in [-0.15, -0.1) is 0 Å². The van der Waals surface area contributed by atoms with Gasteiger partial charge in [-0.2, -0.15) is 5.26 Å². The Kier molecular flexibility index (Phi) is 5.33. The summed E-state index contributed by atoms with van der Waals surface area (Å²) in [5, 5.41) is 13.8. The average Bonchev–Trinajstić information content (AvgIpc) is 2.92. The Morgan fingerprint density at radius 1 is 1.27 bits per heavy atom. The van der Waals surface area contributed by atoms with Crippen LogP contribution >= 0.6 is 15.9 Å². The van der Waals surface area contributed by atoms with E-state index in [1.165, 1.54) is 0 Å². The van der Waals surface area contributed by atoms with Gasteiger partial charge in [0.25, 0.3) is 5.91 Å². The molecule has 0 fully saturated rings. The summed E-state index contributed by atoms with van der Waals surface area (Å²) in [6.45, 7) is 0.291. The summed E-state index contributed by atoms with van der Waals surface area (Å²) in [7, 11) is 0. The van der Waals surface area contributed by atoms with Crippen LogP contribution in [0.15, 0.2) is 45.5 Å². The maximum absolute atomic E-state index is 11.8. The van der Waals surface area contributed by atoms with E-state index in [0.29, 0.717) is 16.9 Å². The van der Waals surface area contributed by atoms with Crippen molar-refractivity contribution in [1.29, 1.82) is 5.26 Å². The maximum Gasteiger partial charge on any atom is 0.287 e. The monoisotopic (exact) mass is 361 g/mol. The number of amides is 2. The van der Waals surface area contributed by atoms with Crippen molar-refractivity contribution in [2.75, 3.05) is 5.32 Å². The van der Waals surface area contributed by atoms with Crippen molar-refractivity contribution in [3.63, 3.8) is 0 Å². The SMILES string of the molecule is N#CCC(=O)Nc1cccc(CNC(=O)c2ccc(Br)o2)c1. The number of benzene rings is 1. The van der Waals surface area contributed by atoms with E-state index < -0.39 is 0 Å². The summed E-state index contributed by atoms with van der Waals surface area (Å²) in [6.07, 6.45) is -0.200. The fraction of sp³-hybridized carbons (Fsp3) is 0.133. The van der Waals surface area contributed by atoms with Gasteiger partial charge < -0.3 is 15.1 Å². The van der Waals surface area contributed by atoms with Crippen LogP contribution in [-0.2, 0) is 11.3 Å². The normalized spacial score (nSPS) is 9.82. The average molecular weight is 362 g/mol. The molecule has 1 aromatic heterocycles. The molecule has 2 rings (SSSR count). The molecule has 0 aliphatic rings. The van der Waals surface area contributed by atoms with Crippen LogP contribution in [0.3, 0.4) is 0 Å². The van der Waals surface area contributed by atoms with Gasteiger partial charge in [0.15, 0.2) is 10.4 Å². The van der Waals surface area contributed by atoms with Crippen LogP contribution in [0, 0.1) is 11.3 Å². The van der Waals surface area contributed by atoms with E-state index in [1.54, 1.807) is 36.4 Å². The molecule has 0 unspecified atom stereocenters. The van der Waals surface area contributed by atoms with Gasteiger partial charge in [0, 0.05) is 12.2 Å². The van der Waals surface area contributed by atoms with Crippen LogP contribution in [0.2, 0.25) is 0 Å². The van der Waals surface area contributed by atoms with Gasteiger partial charge in [-0.1, -0.05) is 12.1 Å². The molecule has 6 nitrogen and oxygen atoms in total. The minimum Gasteiger partial charge on any atom is -0.444 e. The predicted molar refractivity (Wildman–Crippen MR) is 82.9 cm³/mol. The molecular weight excluding hydrogens is 350 g/mol. The first-order valence-electron chi connectivity index (χ1n) is 6.38. The summed E-state index contributed by atoms with van der Waals surface area (Å²) in [6, 6.07) is 12.0. The van der Waals surface area contributed by atoms with Gasteiger partial charge in [-0.3, -0.25) is 9.59 Å². The minimum absolute atomic E-state index is 0.200. The third-order valence-corrected chi connectivity index (χ3v) is 3.13. The topological polar surface area (TPSA) is 95.1 Å². The third kappa shape index (κ3) is 4.46. The molecule has 0 atom stereocenters. The van der Waals surface area contributed by atoms with Crippen molar-refractivity contribution < 1.29 is 14.0 Å². The molecule has 22 heavy (non-hydrogen) atoms. The van der Waals surface area contributed by atoms with Crippen LogP contribution in [0.25, 0.3) is 0 Å². The summed E-state index contributed by atoms with van der Waals surface area (Å²) >= 11 is 3.13. The second-order valence-electron chi connectivity index (χ2n) is 4.37. The molecule has 7 heteroatoms. The lowest BCUT2D eigenvalue weighted by Gasteiger charge is -2.07. The van der Waals surface area contributed by atoms with Crippen LogP contribution in [0.4, 0.5) is 5.69 Å². The summed E-state index contributed by atoms with van der Waals surface area (Å²) in [4.78, 5) is 23.2. The fourth-order valence-electron chi connectivity index (χ4n) is 1.74. The Hall–Kier alpha value is -2.59. The minimum atomic E-state index is -0.371. The number of furan rings is 1. The van der Waals surface area contributed by atoms with E-state index in [1.807, 2.05) is 6.07 Å². The Labute approximate surface area is 135 Å². The van der Waals surface area contributed by atoms with E-state index >= 15 is 0 Å². The molecule has 1 heterocycles. The first-order valence-corrected chi connectivity index (χ1v) is 7.17. The van der Waals surface area contributed by atoms with Crippen LogP contribution in [0.5, 0.6) is 0 Å². The Balaban J connectivity index is 1.94. The summed E-state index contributed by atoms with van der Waals surface area (Å²) < 4.78 is 5.64. The van der Waals surface area contributed by atoms with Crippen molar-refractivity contribution in [2.45, 2.75) is 13.0 Å². The molecule has 0 aliphatic carbocycles. The van der Waals surface area contributed by atoms with E-state index in [9.17, 15) is 9.59 Å². The molecule has 0 bridgehead atoms. The summed E-state index contributed by atoms with van der Waals surface area (Å²) in [5.41, 5.74) is 1.39.